The quantitative estimate of drug-likeness (QED) is 0.408. The Hall–Kier alpha value is -3.87. The van der Waals surface area contributed by atoms with Gasteiger partial charge in [-0.05, 0) is 48.4 Å². The molecule has 0 fully saturated rings. The van der Waals surface area contributed by atoms with Gasteiger partial charge >= 0.3 is 0 Å². The van der Waals surface area contributed by atoms with Crippen LogP contribution >= 0.6 is 0 Å². The number of carbonyl (C=O) groups excluding carboxylic acids is 1. The maximum absolute atomic E-state index is 13.0. The van der Waals surface area contributed by atoms with Gasteiger partial charge in [0.25, 0.3) is 5.91 Å². The molecule has 0 spiro atoms. The van der Waals surface area contributed by atoms with Gasteiger partial charge in [0.15, 0.2) is 5.76 Å². The standard InChI is InChI=1S/C24H22FN3O3/c1-2-20(23-26-14-21(27-23)16-6-4-3-5-7-16)28-24(29)22-13-12-19(31-22)15-30-18-10-8-17(25)9-11-18/h3-14,20H,2,15H2,1H3,(H,26,27)(H,28,29). The molecule has 2 N–H and O–H groups in total. The maximum atomic E-state index is 13.0. The van der Waals surface area contributed by atoms with E-state index in [1.165, 1.54) is 24.3 Å². The lowest BCUT2D eigenvalue weighted by atomic mass is 10.2. The van der Waals surface area contributed by atoms with E-state index in [1.807, 2.05) is 37.3 Å². The molecule has 0 aliphatic carbocycles. The number of nitrogens with one attached hydrogen (secondary N) is 2. The van der Waals surface area contributed by atoms with E-state index in [0.29, 0.717) is 23.8 Å². The summed E-state index contributed by atoms with van der Waals surface area (Å²) < 4.78 is 24.1. The highest BCUT2D eigenvalue weighted by molar-refractivity contribution is 5.91. The number of rotatable bonds is 8. The second-order valence-corrected chi connectivity index (χ2v) is 6.99. The third-order valence-corrected chi connectivity index (χ3v) is 4.80. The summed E-state index contributed by atoms with van der Waals surface area (Å²) >= 11 is 0. The minimum Gasteiger partial charge on any atom is -0.486 e. The largest absolute Gasteiger partial charge is 0.486 e. The number of hydrogen-bond donors (Lipinski definition) is 2. The molecule has 0 radical (unpaired) electrons. The molecule has 0 saturated heterocycles. The van der Waals surface area contributed by atoms with E-state index in [1.54, 1.807) is 18.3 Å². The van der Waals surface area contributed by atoms with Crippen LogP contribution in [-0.4, -0.2) is 15.9 Å². The van der Waals surface area contributed by atoms with Crippen LogP contribution in [-0.2, 0) is 6.61 Å². The number of imidazole rings is 1. The summed E-state index contributed by atoms with van der Waals surface area (Å²) in [6.45, 7) is 2.11. The molecule has 1 unspecified atom stereocenters. The van der Waals surface area contributed by atoms with Gasteiger partial charge in [-0.25, -0.2) is 9.37 Å². The van der Waals surface area contributed by atoms with Crippen LogP contribution in [0.2, 0.25) is 0 Å². The van der Waals surface area contributed by atoms with Crippen molar-refractivity contribution in [3.05, 3.63) is 96.1 Å². The molecule has 4 rings (SSSR count). The molecule has 2 aromatic carbocycles. The molecule has 4 aromatic rings. The lowest BCUT2D eigenvalue weighted by Gasteiger charge is -2.13. The average molecular weight is 419 g/mol. The number of aromatic nitrogens is 2. The topological polar surface area (TPSA) is 80.2 Å². The Morgan fingerprint density at radius 2 is 1.90 bits per heavy atom. The Bertz CT molecular complexity index is 1140. The van der Waals surface area contributed by atoms with Crippen LogP contribution in [0.4, 0.5) is 4.39 Å². The molecule has 6 nitrogen and oxygen atoms in total. The highest BCUT2D eigenvalue weighted by atomic mass is 19.1. The number of aromatic amines is 1. The maximum Gasteiger partial charge on any atom is 0.287 e. The first-order chi connectivity index (χ1) is 15.1. The van der Waals surface area contributed by atoms with Crippen LogP contribution in [0.5, 0.6) is 5.75 Å². The van der Waals surface area contributed by atoms with Crippen molar-refractivity contribution < 1.29 is 18.3 Å². The molecule has 0 saturated carbocycles. The molecule has 7 heteroatoms. The zero-order valence-electron chi connectivity index (χ0n) is 17.0. The number of amides is 1. The van der Waals surface area contributed by atoms with Crippen molar-refractivity contribution in [1.82, 2.24) is 15.3 Å². The van der Waals surface area contributed by atoms with E-state index in [4.69, 9.17) is 9.15 Å². The van der Waals surface area contributed by atoms with Crippen molar-refractivity contribution >= 4 is 5.91 Å². The Morgan fingerprint density at radius 3 is 2.65 bits per heavy atom. The van der Waals surface area contributed by atoms with Crippen LogP contribution in [0.1, 0.15) is 41.5 Å². The molecule has 2 aromatic heterocycles. The van der Waals surface area contributed by atoms with Crippen molar-refractivity contribution in [3.8, 4) is 17.0 Å². The van der Waals surface area contributed by atoms with Gasteiger partial charge in [0.2, 0.25) is 0 Å². The monoisotopic (exact) mass is 419 g/mol. The predicted octanol–water partition coefficient (Wildman–Crippen LogP) is 5.27. The smallest absolute Gasteiger partial charge is 0.287 e. The molecule has 158 valence electrons. The zero-order chi connectivity index (χ0) is 21.6. The first kappa shape index (κ1) is 20.4. The van der Waals surface area contributed by atoms with Gasteiger partial charge in [0, 0.05) is 0 Å². The van der Waals surface area contributed by atoms with Crippen molar-refractivity contribution in [3.63, 3.8) is 0 Å². The fourth-order valence-electron chi connectivity index (χ4n) is 3.13. The number of ether oxygens (including phenoxy) is 1. The molecule has 0 aliphatic rings. The Kier molecular flexibility index (Phi) is 6.12. The van der Waals surface area contributed by atoms with Crippen molar-refractivity contribution in [2.45, 2.75) is 26.0 Å². The number of halogens is 1. The van der Waals surface area contributed by atoms with E-state index in [2.05, 4.69) is 15.3 Å². The lowest BCUT2D eigenvalue weighted by Crippen LogP contribution is -2.28. The summed E-state index contributed by atoms with van der Waals surface area (Å²) in [5, 5.41) is 2.95. The number of carbonyl (C=O) groups is 1. The van der Waals surface area contributed by atoms with Gasteiger partial charge in [-0.15, -0.1) is 0 Å². The highest BCUT2D eigenvalue weighted by Crippen LogP contribution is 2.21. The van der Waals surface area contributed by atoms with Crippen LogP contribution in [0.25, 0.3) is 11.3 Å². The Balaban J connectivity index is 1.38. The van der Waals surface area contributed by atoms with Gasteiger partial charge in [0.1, 0.15) is 29.8 Å². The van der Waals surface area contributed by atoms with Gasteiger partial charge in [0.05, 0.1) is 17.9 Å². The van der Waals surface area contributed by atoms with Gasteiger partial charge in [-0.3, -0.25) is 4.79 Å². The third-order valence-electron chi connectivity index (χ3n) is 4.80. The molecule has 1 amide bonds. The van der Waals surface area contributed by atoms with Gasteiger partial charge < -0.3 is 19.5 Å². The molecule has 0 bridgehead atoms. The first-order valence-corrected chi connectivity index (χ1v) is 10.0. The predicted molar refractivity (Wildman–Crippen MR) is 114 cm³/mol. The summed E-state index contributed by atoms with van der Waals surface area (Å²) in [6, 6.07) is 18.6. The van der Waals surface area contributed by atoms with E-state index < -0.39 is 0 Å². The Morgan fingerprint density at radius 1 is 1.13 bits per heavy atom. The summed E-state index contributed by atoms with van der Waals surface area (Å²) in [5.41, 5.74) is 1.92. The van der Waals surface area contributed by atoms with E-state index in [9.17, 15) is 9.18 Å². The lowest BCUT2D eigenvalue weighted by molar-refractivity contribution is 0.0901. The molecule has 31 heavy (non-hydrogen) atoms. The number of benzene rings is 2. The minimum absolute atomic E-state index is 0.134. The second-order valence-electron chi connectivity index (χ2n) is 6.99. The summed E-state index contributed by atoms with van der Waals surface area (Å²) in [6.07, 6.45) is 2.42. The van der Waals surface area contributed by atoms with Crippen LogP contribution < -0.4 is 10.1 Å². The first-order valence-electron chi connectivity index (χ1n) is 10.0. The highest BCUT2D eigenvalue weighted by Gasteiger charge is 2.19. The van der Waals surface area contributed by atoms with Crippen molar-refractivity contribution in [1.29, 1.82) is 0 Å². The van der Waals surface area contributed by atoms with Gasteiger partial charge in [-0.2, -0.15) is 0 Å². The number of nitrogens with zero attached hydrogens (tertiary/aromatic N) is 1. The zero-order valence-corrected chi connectivity index (χ0v) is 17.0. The van der Waals surface area contributed by atoms with E-state index >= 15 is 0 Å². The van der Waals surface area contributed by atoms with E-state index in [0.717, 1.165) is 11.3 Å². The normalized spacial score (nSPS) is 11.8. The van der Waals surface area contributed by atoms with E-state index in [-0.39, 0.29) is 30.1 Å². The fourth-order valence-corrected chi connectivity index (χ4v) is 3.13. The minimum atomic E-state index is -0.336. The number of furan rings is 1. The average Bonchev–Trinajstić information content (AvgIpc) is 3.48. The van der Waals surface area contributed by atoms with Crippen molar-refractivity contribution in [2.24, 2.45) is 0 Å². The Labute approximate surface area is 179 Å². The summed E-state index contributed by atoms with van der Waals surface area (Å²) in [5.74, 6) is 1.21. The third kappa shape index (κ3) is 5.01. The second kappa shape index (κ2) is 9.30. The van der Waals surface area contributed by atoms with Crippen LogP contribution in [0.3, 0.4) is 0 Å². The molecular formula is C24H22FN3O3. The number of hydrogen-bond acceptors (Lipinski definition) is 4. The molecule has 0 aliphatic heterocycles. The SMILES string of the molecule is CCC(NC(=O)c1ccc(COc2ccc(F)cc2)o1)c1ncc(-c2ccccc2)[nH]1. The van der Waals surface area contributed by atoms with Crippen molar-refractivity contribution in [2.75, 3.05) is 0 Å². The molecular weight excluding hydrogens is 397 g/mol. The molecule has 2 heterocycles. The summed E-state index contributed by atoms with van der Waals surface area (Å²) in [4.78, 5) is 20.4. The summed E-state index contributed by atoms with van der Waals surface area (Å²) in [7, 11) is 0. The fraction of sp³-hybridized carbons (Fsp3) is 0.167. The van der Waals surface area contributed by atoms with Crippen LogP contribution in [0, 0.1) is 5.82 Å². The van der Waals surface area contributed by atoms with Crippen LogP contribution in [0.15, 0.2) is 77.3 Å². The number of H-pyrrole nitrogens is 1. The molecule has 1 atom stereocenters. The van der Waals surface area contributed by atoms with Gasteiger partial charge in [-0.1, -0.05) is 37.3 Å².